The van der Waals surface area contributed by atoms with E-state index in [1.165, 1.54) is 17.9 Å². The molecule has 7 rings (SSSR count). The molecule has 1 saturated heterocycles. The number of anilines is 1. The number of esters is 1. The maximum atomic E-state index is 13.3. The first-order chi connectivity index (χ1) is 15.4. The van der Waals surface area contributed by atoms with Crippen molar-refractivity contribution in [3.8, 4) is 5.75 Å². The molecule has 0 aromatic heterocycles. The van der Waals surface area contributed by atoms with Crippen LogP contribution in [0.2, 0.25) is 0 Å². The Morgan fingerprint density at radius 3 is 2.09 bits per heavy atom. The number of hydrogen-bond acceptors (Lipinski definition) is 5. The van der Waals surface area contributed by atoms with Crippen LogP contribution >= 0.6 is 0 Å². The standard InChI is InChI=1S/C26H21NO5/c1-13(28)14-5-7-17(8-6-14)32-26(31)15-3-2-4-16(11-15)27-24(29)22-18-9-10-19(21-12-20(18)21)23(22)25(27)30/h2-11,18-23H,12H2,1H3/t18-,19-,20-,21-,22-,23+/m1/s1. The number of carbonyl (C=O) groups excluding carboxylic acids is 4. The Kier molecular flexibility index (Phi) is 4.03. The van der Waals surface area contributed by atoms with Crippen molar-refractivity contribution in [2.24, 2.45) is 35.5 Å². The van der Waals surface area contributed by atoms with Gasteiger partial charge in [0, 0.05) is 5.56 Å². The summed E-state index contributed by atoms with van der Waals surface area (Å²) in [6, 6.07) is 12.8. The van der Waals surface area contributed by atoms with Gasteiger partial charge in [-0.3, -0.25) is 14.4 Å². The Labute approximate surface area is 184 Å². The number of allylic oxidation sites excluding steroid dienone is 2. The van der Waals surface area contributed by atoms with Crippen LogP contribution in [0.3, 0.4) is 0 Å². The van der Waals surface area contributed by atoms with E-state index < -0.39 is 5.97 Å². The molecule has 2 saturated carbocycles. The van der Waals surface area contributed by atoms with Crippen molar-refractivity contribution >= 4 is 29.3 Å². The van der Waals surface area contributed by atoms with Gasteiger partial charge >= 0.3 is 5.97 Å². The Balaban J connectivity index is 1.25. The SMILES string of the molecule is CC(=O)c1ccc(OC(=O)c2cccc(N3C(=O)[C@@H]4[C@@H]5C=C[C@H]([C@H]6C[C@H]56)[C@@H]4C3=O)c2)cc1. The number of imide groups is 1. The minimum atomic E-state index is -0.595. The van der Waals surface area contributed by atoms with Crippen molar-refractivity contribution in [1.29, 1.82) is 0 Å². The second-order valence-corrected chi connectivity index (χ2v) is 9.19. The van der Waals surface area contributed by atoms with Crippen molar-refractivity contribution in [3.05, 3.63) is 71.8 Å². The van der Waals surface area contributed by atoms with E-state index in [0.717, 1.165) is 6.42 Å². The summed E-state index contributed by atoms with van der Waals surface area (Å²) in [6.07, 6.45) is 5.39. The molecule has 2 aromatic carbocycles. The lowest BCUT2D eigenvalue weighted by Crippen LogP contribution is -2.40. The summed E-state index contributed by atoms with van der Waals surface area (Å²) in [5, 5.41) is 0. The molecule has 6 heteroatoms. The van der Waals surface area contributed by atoms with Crippen LogP contribution in [0, 0.1) is 35.5 Å². The summed E-state index contributed by atoms with van der Waals surface area (Å²) in [7, 11) is 0. The molecule has 6 atom stereocenters. The molecule has 160 valence electrons. The zero-order valence-corrected chi connectivity index (χ0v) is 17.4. The number of benzene rings is 2. The molecule has 0 unspecified atom stereocenters. The Morgan fingerprint density at radius 2 is 1.50 bits per heavy atom. The van der Waals surface area contributed by atoms with Crippen molar-refractivity contribution < 1.29 is 23.9 Å². The fourth-order valence-corrected chi connectivity index (χ4v) is 5.91. The number of hydrogen-bond donors (Lipinski definition) is 0. The van der Waals surface area contributed by atoms with Crippen LogP contribution in [0.15, 0.2) is 60.7 Å². The molecule has 1 heterocycles. The van der Waals surface area contributed by atoms with Crippen molar-refractivity contribution in [3.63, 3.8) is 0 Å². The summed E-state index contributed by atoms with van der Waals surface area (Å²) >= 11 is 0. The lowest BCUT2D eigenvalue weighted by Gasteiger charge is -2.37. The summed E-state index contributed by atoms with van der Waals surface area (Å²) in [5.41, 5.74) is 1.18. The molecule has 3 fully saturated rings. The molecular weight excluding hydrogens is 406 g/mol. The topological polar surface area (TPSA) is 80.8 Å². The third-order valence-corrected chi connectivity index (χ3v) is 7.47. The van der Waals surface area contributed by atoms with E-state index in [2.05, 4.69) is 12.2 Å². The van der Waals surface area contributed by atoms with Gasteiger partial charge in [-0.25, -0.2) is 9.69 Å². The highest BCUT2D eigenvalue weighted by molar-refractivity contribution is 6.23. The second-order valence-electron chi connectivity index (χ2n) is 9.19. The smallest absolute Gasteiger partial charge is 0.343 e. The third kappa shape index (κ3) is 2.72. The zero-order chi connectivity index (χ0) is 22.1. The predicted octanol–water partition coefficient (Wildman–Crippen LogP) is 3.67. The average molecular weight is 427 g/mol. The molecule has 2 amide bonds. The Hall–Kier alpha value is -3.54. The average Bonchev–Trinajstić information content (AvgIpc) is 3.57. The number of amides is 2. The first-order valence-corrected chi connectivity index (χ1v) is 10.9. The van der Waals surface area contributed by atoms with Crippen LogP contribution in [0.5, 0.6) is 5.75 Å². The fraction of sp³-hybridized carbons (Fsp3) is 0.308. The molecule has 5 aliphatic rings. The lowest BCUT2D eigenvalue weighted by molar-refractivity contribution is -0.124. The van der Waals surface area contributed by atoms with Gasteiger partial charge in [0.15, 0.2) is 5.78 Å². The molecule has 4 aliphatic carbocycles. The predicted molar refractivity (Wildman–Crippen MR) is 115 cm³/mol. The van der Waals surface area contributed by atoms with Gasteiger partial charge in [-0.1, -0.05) is 18.2 Å². The van der Waals surface area contributed by atoms with Gasteiger partial charge < -0.3 is 4.74 Å². The minimum absolute atomic E-state index is 0.0722. The molecular formula is C26H21NO5. The van der Waals surface area contributed by atoms with Crippen molar-refractivity contribution in [2.45, 2.75) is 13.3 Å². The first-order valence-electron chi connectivity index (χ1n) is 10.9. The number of carbonyl (C=O) groups is 4. The highest BCUT2D eigenvalue weighted by Crippen LogP contribution is 2.65. The summed E-state index contributed by atoms with van der Waals surface area (Å²) in [6.45, 7) is 1.47. The van der Waals surface area contributed by atoms with E-state index in [-0.39, 0.29) is 46.8 Å². The molecule has 32 heavy (non-hydrogen) atoms. The van der Waals surface area contributed by atoms with Gasteiger partial charge in [0.25, 0.3) is 0 Å². The lowest BCUT2D eigenvalue weighted by atomic mass is 9.63. The van der Waals surface area contributed by atoms with Crippen LogP contribution in [0.1, 0.15) is 34.1 Å². The highest BCUT2D eigenvalue weighted by Gasteiger charge is 2.67. The van der Waals surface area contributed by atoms with Crippen LogP contribution in [0.25, 0.3) is 0 Å². The summed E-state index contributed by atoms with van der Waals surface area (Å²) < 4.78 is 5.42. The summed E-state index contributed by atoms with van der Waals surface area (Å²) in [4.78, 5) is 51.9. The van der Waals surface area contributed by atoms with E-state index in [1.54, 1.807) is 42.5 Å². The van der Waals surface area contributed by atoms with Gasteiger partial charge in [0.1, 0.15) is 5.75 Å². The minimum Gasteiger partial charge on any atom is -0.423 e. The molecule has 2 bridgehead atoms. The van der Waals surface area contributed by atoms with Crippen LogP contribution in [-0.2, 0) is 9.59 Å². The number of nitrogens with zero attached hydrogens (tertiary/aromatic N) is 1. The quantitative estimate of drug-likeness (QED) is 0.245. The molecule has 0 spiro atoms. The van der Waals surface area contributed by atoms with Gasteiger partial charge in [-0.15, -0.1) is 0 Å². The van der Waals surface area contributed by atoms with Gasteiger partial charge in [0.05, 0.1) is 23.1 Å². The second kappa shape index (κ2) is 6.73. The van der Waals surface area contributed by atoms with Crippen molar-refractivity contribution in [1.82, 2.24) is 0 Å². The molecule has 2 aromatic rings. The Morgan fingerprint density at radius 1 is 0.875 bits per heavy atom. The monoisotopic (exact) mass is 427 g/mol. The maximum absolute atomic E-state index is 13.3. The number of Topliss-reactive ketones (excluding diaryl/α,β-unsaturated/α-hetero) is 1. The van der Waals surface area contributed by atoms with E-state index >= 15 is 0 Å². The normalized spacial score (nSPS) is 31.3. The summed E-state index contributed by atoms with van der Waals surface area (Å²) in [5.74, 6) is 0.159. The molecule has 0 N–H and O–H groups in total. The third-order valence-electron chi connectivity index (χ3n) is 7.47. The Bertz CT molecular complexity index is 1180. The number of rotatable bonds is 4. The van der Waals surface area contributed by atoms with E-state index in [9.17, 15) is 19.2 Å². The van der Waals surface area contributed by atoms with Gasteiger partial charge in [-0.2, -0.15) is 0 Å². The van der Waals surface area contributed by atoms with E-state index in [4.69, 9.17) is 4.74 Å². The molecule has 6 nitrogen and oxygen atoms in total. The number of ether oxygens (including phenoxy) is 1. The first kappa shape index (κ1) is 19.2. The molecule has 1 aliphatic heterocycles. The van der Waals surface area contributed by atoms with Gasteiger partial charge in [0.2, 0.25) is 11.8 Å². The van der Waals surface area contributed by atoms with Crippen LogP contribution < -0.4 is 9.64 Å². The highest BCUT2D eigenvalue weighted by atomic mass is 16.5. The maximum Gasteiger partial charge on any atom is 0.343 e. The van der Waals surface area contributed by atoms with Crippen molar-refractivity contribution in [2.75, 3.05) is 4.90 Å². The van der Waals surface area contributed by atoms with Gasteiger partial charge in [-0.05, 0) is 79.5 Å². The number of ketones is 1. The van der Waals surface area contributed by atoms with E-state index in [1.807, 2.05) is 0 Å². The fourth-order valence-electron chi connectivity index (χ4n) is 5.91. The van der Waals surface area contributed by atoms with Crippen LogP contribution in [-0.4, -0.2) is 23.6 Å². The molecule has 0 radical (unpaired) electrons. The van der Waals surface area contributed by atoms with Crippen LogP contribution in [0.4, 0.5) is 5.69 Å². The zero-order valence-electron chi connectivity index (χ0n) is 17.4. The van der Waals surface area contributed by atoms with E-state index in [0.29, 0.717) is 28.8 Å². The largest absolute Gasteiger partial charge is 0.423 e.